The summed E-state index contributed by atoms with van der Waals surface area (Å²) in [4.78, 5) is 13.0. The van der Waals surface area contributed by atoms with Crippen molar-refractivity contribution in [1.82, 2.24) is 4.90 Å². The van der Waals surface area contributed by atoms with Gasteiger partial charge in [0.1, 0.15) is 0 Å². The first kappa shape index (κ1) is 12.9. The van der Waals surface area contributed by atoms with Crippen LogP contribution in [0.25, 0.3) is 0 Å². The number of nitrogens with zero attached hydrogens (tertiary/aromatic N) is 1. The van der Waals surface area contributed by atoms with Gasteiger partial charge in [-0.2, -0.15) is 0 Å². The van der Waals surface area contributed by atoms with Crippen molar-refractivity contribution >= 4 is 5.97 Å². The number of carboxylic acid groups (broad SMARTS) is 1. The summed E-state index contributed by atoms with van der Waals surface area (Å²) >= 11 is 0. The van der Waals surface area contributed by atoms with Crippen LogP contribution in [0.3, 0.4) is 0 Å². The molecule has 0 radical (unpaired) electrons. The number of carbonyl (C=O) groups is 1. The minimum absolute atomic E-state index is 0.0954. The van der Waals surface area contributed by atoms with Crippen LogP contribution in [0.5, 0.6) is 0 Å². The fraction of sp³-hybridized carbons (Fsp3) is 0.929. The Kier molecular flexibility index (Phi) is 4.08. The van der Waals surface area contributed by atoms with E-state index in [1.165, 1.54) is 25.7 Å². The molecule has 0 atom stereocenters. The van der Waals surface area contributed by atoms with Gasteiger partial charge in [-0.3, -0.25) is 4.79 Å². The fourth-order valence-electron chi connectivity index (χ4n) is 3.28. The van der Waals surface area contributed by atoms with Crippen LogP contribution in [-0.4, -0.2) is 35.6 Å². The third-order valence-corrected chi connectivity index (χ3v) is 4.66. The molecule has 3 nitrogen and oxygen atoms in total. The minimum Gasteiger partial charge on any atom is -0.481 e. The maximum atomic E-state index is 10.7. The van der Waals surface area contributed by atoms with Gasteiger partial charge in [-0.25, -0.2) is 0 Å². The van der Waals surface area contributed by atoms with Crippen LogP contribution >= 0.6 is 0 Å². The van der Waals surface area contributed by atoms with Crippen LogP contribution in [0.1, 0.15) is 39.5 Å². The SMILES string of the molecule is CC(C)C1CCC(CN2CC(C(=O)O)C2)CC1. The van der Waals surface area contributed by atoms with Crippen LogP contribution in [-0.2, 0) is 4.79 Å². The van der Waals surface area contributed by atoms with E-state index in [-0.39, 0.29) is 5.92 Å². The Bertz CT molecular complexity index is 263. The quantitative estimate of drug-likeness (QED) is 0.819. The van der Waals surface area contributed by atoms with E-state index in [4.69, 9.17) is 5.11 Å². The monoisotopic (exact) mass is 239 g/mol. The highest BCUT2D eigenvalue weighted by atomic mass is 16.4. The number of carboxylic acids is 1. The molecule has 17 heavy (non-hydrogen) atoms. The van der Waals surface area contributed by atoms with Gasteiger partial charge in [0.2, 0.25) is 0 Å². The van der Waals surface area contributed by atoms with E-state index in [1.54, 1.807) is 0 Å². The second kappa shape index (κ2) is 5.38. The molecule has 1 heterocycles. The predicted octanol–water partition coefficient (Wildman–Crippen LogP) is 2.47. The second-order valence-corrected chi connectivity index (χ2v) is 6.28. The molecule has 1 aliphatic heterocycles. The average Bonchev–Trinajstić information content (AvgIpc) is 2.23. The molecule has 0 amide bonds. The summed E-state index contributed by atoms with van der Waals surface area (Å²) < 4.78 is 0. The van der Waals surface area contributed by atoms with Gasteiger partial charge in [0.05, 0.1) is 5.92 Å². The van der Waals surface area contributed by atoms with Crippen molar-refractivity contribution in [2.24, 2.45) is 23.7 Å². The molecule has 0 unspecified atom stereocenters. The molecule has 0 aromatic rings. The van der Waals surface area contributed by atoms with Gasteiger partial charge in [0.15, 0.2) is 0 Å². The summed E-state index contributed by atoms with van der Waals surface area (Å²) in [5.41, 5.74) is 0. The van der Waals surface area contributed by atoms with Crippen molar-refractivity contribution in [3.05, 3.63) is 0 Å². The third kappa shape index (κ3) is 3.21. The molecule has 2 fully saturated rings. The van der Waals surface area contributed by atoms with Gasteiger partial charge in [-0.05, 0) is 43.4 Å². The Morgan fingerprint density at radius 1 is 1.24 bits per heavy atom. The van der Waals surface area contributed by atoms with Gasteiger partial charge in [0, 0.05) is 19.6 Å². The maximum absolute atomic E-state index is 10.7. The molecule has 0 aromatic heterocycles. The number of rotatable bonds is 4. The van der Waals surface area contributed by atoms with Crippen molar-refractivity contribution < 1.29 is 9.90 Å². The Balaban J connectivity index is 1.65. The lowest BCUT2D eigenvalue weighted by Crippen LogP contribution is -2.52. The van der Waals surface area contributed by atoms with Crippen molar-refractivity contribution in [2.45, 2.75) is 39.5 Å². The van der Waals surface area contributed by atoms with Gasteiger partial charge in [0.25, 0.3) is 0 Å². The topological polar surface area (TPSA) is 40.5 Å². The highest BCUT2D eigenvalue weighted by Gasteiger charge is 2.34. The van der Waals surface area contributed by atoms with E-state index < -0.39 is 5.97 Å². The molecule has 1 N–H and O–H groups in total. The molecule has 3 heteroatoms. The van der Waals surface area contributed by atoms with Gasteiger partial charge >= 0.3 is 5.97 Å². The number of aliphatic carboxylic acids is 1. The lowest BCUT2D eigenvalue weighted by molar-refractivity contribution is -0.147. The van der Waals surface area contributed by atoms with E-state index in [9.17, 15) is 4.79 Å². The van der Waals surface area contributed by atoms with Crippen LogP contribution in [0.4, 0.5) is 0 Å². The molecule has 1 aliphatic carbocycles. The van der Waals surface area contributed by atoms with Crippen molar-refractivity contribution in [3.8, 4) is 0 Å². The number of likely N-dealkylation sites (tertiary alicyclic amines) is 1. The summed E-state index contributed by atoms with van der Waals surface area (Å²) in [5, 5.41) is 8.83. The standard InChI is InChI=1S/C14H25NO2/c1-10(2)12-5-3-11(4-6-12)7-15-8-13(9-15)14(16)17/h10-13H,3-9H2,1-2H3,(H,16,17). The van der Waals surface area contributed by atoms with Gasteiger partial charge < -0.3 is 10.0 Å². The summed E-state index contributed by atoms with van der Waals surface area (Å²) in [7, 11) is 0. The first-order valence-electron chi connectivity index (χ1n) is 7.01. The first-order chi connectivity index (χ1) is 8.06. The molecule has 98 valence electrons. The molecule has 1 saturated heterocycles. The van der Waals surface area contributed by atoms with E-state index in [1.807, 2.05) is 0 Å². The molecule has 0 spiro atoms. The molecule has 1 saturated carbocycles. The van der Waals surface area contributed by atoms with Crippen LogP contribution in [0, 0.1) is 23.7 Å². The maximum Gasteiger partial charge on any atom is 0.309 e. The number of hydrogen-bond acceptors (Lipinski definition) is 2. The van der Waals surface area contributed by atoms with E-state index in [0.29, 0.717) is 0 Å². The van der Waals surface area contributed by atoms with Crippen LogP contribution < -0.4 is 0 Å². The smallest absolute Gasteiger partial charge is 0.309 e. The Morgan fingerprint density at radius 2 is 1.82 bits per heavy atom. The Hall–Kier alpha value is -0.570. The highest BCUT2D eigenvalue weighted by Crippen LogP contribution is 2.34. The zero-order chi connectivity index (χ0) is 12.4. The third-order valence-electron chi connectivity index (χ3n) is 4.66. The lowest BCUT2D eigenvalue weighted by Gasteiger charge is -2.40. The van der Waals surface area contributed by atoms with E-state index in [0.717, 1.165) is 37.4 Å². The zero-order valence-corrected chi connectivity index (χ0v) is 11.1. The first-order valence-corrected chi connectivity index (χ1v) is 7.01. The largest absolute Gasteiger partial charge is 0.481 e. The molecule has 0 aromatic carbocycles. The predicted molar refractivity (Wildman–Crippen MR) is 67.9 cm³/mol. The molecule has 2 aliphatic rings. The summed E-state index contributed by atoms with van der Waals surface area (Å²) in [6.45, 7) is 7.35. The fourth-order valence-corrected chi connectivity index (χ4v) is 3.28. The van der Waals surface area contributed by atoms with E-state index >= 15 is 0 Å². The summed E-state index contributed by atoms with van der Waals surface area (Å²) in [6, 6.07) is 0. The number of hydrogen-bond donors (Lipinski definition) is 1. The van der Waals surface area contributed by atoms with Crippen molar-refractivity contribution in [3.63, 3.8) is 0 Å². The van der Waals surface area contributed by atoms with E-state index in [2.05, 4.69) is 18.7 Å². The normalized spacial score (nSPS) is 31.5. The van der Waals surface area contributed by atoms with Crippen LogP contribution in [0.2, 0.25) is 0 Å². The molecule has 0 bridgehead atoms. The minimum atomic E-state index is -0.621. The van der Waals surface area contributed by atoms with Gasteiger partial charge in [-0.1, -0.05) is 13.8 Å². The van der Waals surface area contributed by atoms with Crippen molar-refractivity contribution in [2.75, 3.05) is 19.6 Å². The highest BCUT2D eigenvalue weighted by molar-refractivity contribution is 5.71. The second-order valence-electron chi connectivity index (χ2n) is 6.28. The zero-order valence-electron chi connectivity index (χ0n) is 11.1. The lowest BCUT2D eigenvalue weighted by atomic mass is 9.76. The summed E-state index contributed by atoms with van der Waals surface area (Å²) in [6.07, 6.45) is 5.44. The van der Waals surface area contributed by atoms with Crippen LogP contribution in [0.15, 0.2) is 0 Å². The Morgan fingerprint density at radius 3 is 2.29 bits per heavy atom. The molecule has 2 rings (SSSR count). The molecular formula is C14H25NO2. The summed E-state index contributed by atoms with van der Waals surface area (Å²) in [5.74, 6) is 1.86. The molecular weight excluding hydrogens is 214 g/mol. The average molecular weight is 239 g/mol. The Labute approximate surface area is 104 Å². The van der Waals surface area contributed by atoms with Gasteiger partial charge in [-0.15, -0.1) is 0 Å². The van der Waals surface area contributed by atoms with Crippen molar-refractivity contribution in [1.29, 1.82) is 0 Å².